The molecule has 1 aliphatic rings. The summed E-state index contributed by atoms with van der Waals surface area (Å²) in [6.07, 6.45) is 1.64. The van der Waals surface area contributed by atoms with Gasteiger partial charge in [0.1, 0.15) is 5.70 Å². The molecule has 4 aromatic carbocycles. The number of carbonyl (C=O) groups is 3. The maximum atomic E-state index is 13.6. The highest BCUT2D eigenvalue weighted by atomic mass is 32.2. The molecule has 1 aromatic heterocycles. The second kappa shape index (κ2) is 13.6. The molecule has 2 N–H and O–H groups in total. The highest BCUT2D eigenvalue weighted by Gasteiger charge is 2.32. The molecule has 0 bridgehead atoms. The molecule has 0 radical (unpaired) electrons. The topological polar surface area (TPSA) is 130 Å². The van der Waals surface area contributed by atoms with Crippen molar-refractivity contribution in [1.29, 1.82) is 0 Å². The maximum Gasteiger partial charge on any atom is 0.336 e. The van der Waals surface area contributed by atoms with E-state index in [1.165, 1.54) is 19.1 Å². The molecule has 0 fully saturated rings. The fourth-order valence-electron chi connectivity index (χ4n) is 5.12. The Labute approximate surface area is 274 Å². The highest BCUT2D eigenvalue weighted by Crippen LogP contribution is 2.35. The van der Waals surface area contributed by atoms with Crippen LogP contribution in [0.5, 0.6) is 11.5 Å². The largest absolute Gasteiger partial charge is 0.493 e. The first-order valence-corrected chi connectivity index (χ1v) is 15.4. The van der Waals surface area contributed by atoms with Crippen molar-refractivity contribution in [2.45, 2.75) is 0 Å². The normalized spacial score (nSPS) is 13.5. The number of amides is 2. The maximum absolute atomic E-state index is 13.6. The number of aromatic nitrogens is 1. The van der Waals surface area contributed by atoms with Gasteiger partial charge in [0.25, 0.3) is 5.91 Å². The van der Waals surface area contributed by atoms with Gasteiger partial charge in [-0.2, -0.15) is 0 Å². The second-order valence-corrected chi connectivity index (χ2v) is 11.2. The number of nitrogens with zero attached hydrogens (tertiary/aromatic N) is 3. The summed E-state index contributed by atoms with van der Waals surface area (Å²) >= 11 is 1.14. The van der Waals surface area contributed by atoms with Crippen molar-refractivity contribution in [2.24, 2.45) is 4.99 Å². The van der Waals surface area contributed by atoms with Crippen LogP contribution in [-0.4, -0.2) is 53.0 Å². The SMILES string of the molecule is COc1cccc(/C=C2/N=C(SCC(=O)Nc3ccc(-c4cc(C(=O)O)c5ccccc5n4)cc3)N(c3ccccc3)C2=O)c1OC. The van der Waals surface area contributed by atoms with E-state index in [0.29, 0.717) is 55.8 Å². The van der Waals surface area contributed by atoms with Gasteiger partial charge < -0.3 is 19.9 Å². The number of methoxy groups -OCH3 is 2. The van der Waals surface area contributed by atoms with Gasteiger partial charge in [-0.1, -0.05) is 72.4 Å². The Morgan fingerprint density at radius 2 is 1.66 bits per heavy atom. The van der Waals surface area contributed by atoms with Crippen LogP contribution in [0.3, 0.4) is 0 Å². The number of thioether (sulfide) groups is 1. The molecule has 234 valence electrons. The number of carbonyl (C=O) groups excluding carboxylic acids is 2. The van der Waals surface area contributed by atoms with Gasteiger partial charge in [-0.3, -0.25) is 14.5 Å². The lowest BCUT2D eigenvalue weighted by atomic mass is 10.0. The third-order valence-corrected chi connectivity index (χ3v) is 8.25. The molecule has 2 amide bonds. The van der Waals surface area contributed by atoms with Crippen molar-refractivity contribution in [3.63, 3.8) is 0 Å². The summed E-state index contributed by atoms with van der Waals surface area (Å²) < 4.78 is 10.9. The van der Waals surface area contributed by atoms with Gasteiger partial charge in [0.15, 0.2) is 16.7 Å². The average Bonchev–Trinajstić information content (AvgIpc) is 3.41. The van der Waals surface area contributed by atoms with Gasteiger partial charge >= 0.3 is 5.97 Å². The number of hydrogen-bond acceptors (Lipinski definition) is 8. The van der Waals surface area contributed by atoms with E-state index in [1.54, 1.807) is 84.9 Å². The van der Waals surface area contributed by atoms with Crippen LogP contribution < -0.4 is 19.7 Å². The van der Waals surface area contributed by atoms with Gasteiger partial charge in [-0.25, -0.2) is 14.8 Å². The predicted octanol–water partition coefficient (Wildman–Crippen LogP) is 6.73. The molecule has 1 aliphatic heterocycles. The molecule has 5 aromatic rings. The van der Waals surface area contributed by atoms with E-state index in [9.17, 15) is 19.5 Å². The van der Waals surface area contributed by atoms with Crippen LogP contribution in [0.2, 0.25) is 0 Å². The summed E-state index contributed by atoms with van der Waals surface area (Å²) in [5.41, 5.74) is 3.94. The zero-order valence-electron chi connectivity index (χ0n) is 25.3. The van der Waals surface area contributed by atoms with Gasteiger partial charge in [0, 0.05) is 22.2 Å². The molecule has 2 heterocycles. The van der Waals surface area contributed by atoms with E-state index in [2.05, 4.69) is 15.3 Å². The third kappa shape index (κ3) is 6.56. The summed E-state index contributed by atoms with van der Waals surface area (Å²) in [4.78, 5) is 49.2. The number of nitrogens with one attached hydrogen (secondary N) is 1. The fraction of sp³-hybridized carbons (Fsp3) is 0.0833. The number of pyridine rings is 1. The zero-order valence-corrected chi connectivity index (χ0v) is 26.2. The first kappa shape index (κ1) is 31.1. The van der Waals surface area contributed by atoms with Crippen LogP contribution in [-0.2, 0) is 9.59 Å². The molecule has 11 heteroatoms. The smallest absolute Gasteiger partial charge is 0.336 e. The molecule has 0 spiro atoms. The number of para-hydroxylation sites is 3. The number of fused-ring (bicyclic) bond motifs is 1. The number of anilines is 2. The van der Waals surface area contributed by atoms with Crippen molar-refractivity contribution >= 4 is 63.1 Å². The number of hydrogen-bond donors (Lipinski definition) is 2. The first-order valence-electron chi connectivity index (χ1n) is 14.4. The molecule has 0 atom stereocenters. The monoisotopic (exact) mass is 644 g/mol. The predicted molar refractivity (Wildman–Crippen MR) is 184 cm³/mol. The van der Waals surface area contributed by atoms with E-state index in [1.807, 2.05) is 24.3 Å². The number of aliphatic imine (C=N–C) groups is 1. The van der Waals surface area contributed by atoms with Crippen LogP contribution in [0.4, 0.5) is 11.4 Å². The van der Waals surface area contributed by atoms with Crippen LogP contribution in [0.15, 0.2) is 114 Å². The fourth-order valence-corrected chi connectivity index (χ4v) is 5.94. The van der Waals surface area contributed by atoms with Crippen molar-refractivity contribution in [1.82, 2.24) is 4.98 Å². The second-order valence-electron chi connectivity index (χ2n) is 10.3. The molecular formula is C36H28N4O6S. The Morgan fingerprint density at radius 3 is 2.38 bits per heavy atom. The number of carboxylic acid groups (broad SMARTS) is 1. The molecule has 6 rings (SSSR count). The average molecular weight is 645 g/mol. The number of amidine groups is 1. The van der Waals surface area contributed by atoms with Crippen LogP contribution >= 0.6 is 11.8 Å². The molecule has 47 heavy (non-hydrogen) atoms. The molecule has 10 nitrogen and oxygen atoms in total. The van der Waals surface area contributed by atoms with Crippen LogP contribution in [0.1, 0.15) is 15.9 Å². The number of ether oxygens (including phenoxy) is 2. The molecular weight excluding hydrogens is 616 g/mol. The van der Waals surface area contributed by atoms with Gasteiger partial charge in [0.2, 0.25) is 5.91 Å². The quantitative estimate of drug-likeness (QED) is 0.169. The van der Waals surface area contributed by atoms with Crippen molar-refractivity contribution in [3.05, 3.63) is 120 Å². The van der Waals surface area contributed by atoms with E-state index in [-0.39, 0.29) is 28.8 Å². The number of benzene rings is 4. The van der Waals surface area contributed by atoms with Gasteiger partial charge in [-0.05, 0) is 48.5 Å². The lowest BCUT2D eigenvalue weighted by Crippen LogP contribution is -2.31. The lowest BCUT2D eigenvalue weighted by Gasteiger charge is -2.17. The summed E-state index contributed by atoms with van der Waals surface area (Å²) in [6.45, 7) is 0. The zero-order chi connectivity index (χ0) is 32.9. The minimum absolute atomic E-state index is 0.0127. The molecule has 0 aliphatic carbocycles. The van der Waals surface area contributed by atoms with Crippen molar-refractivity contribution in [3.8, 4) is 22.8 Å². The molecule has 0 saturated heterocycles. The van der Waals surface area contributed by atoms with Crippen LogP contribution in [0.25, 0.3) is 28.2 Å². The Hall–Kier alpha value is -5.94. The number of carboxylic acids is 1. The van der Waals surface area contributed by atoms with Crippen molar-refractivity contribution in [2.75, 3.05) is 30.2 Å². The summed E-state index contributed by atoms with van der Waals surface area (Å²) in [7, 11) is 3.07. The minimum Gasteiger partial charge on any atom is -0.493 e. The lowest BCUT2D eigenvalue weighted by molar-refractivity contribution is -0.114. The summed E-state index contributed by atoms with van der Waals surface area (Å²) in [6, 6.07) is 30.1. The minimum atomic E-state index is -1.03. The first-order chi connectivity index (χ1) is 22.9. The summed E-state index contributed by atoms with van der Waals surface area (Å²) in [5.74, 6) is -0.687. The number of aromatic carboxylic acids is 1. The van der Waals surface area contributed by atoms with Crippen molar-refractivity contribution < 1.29 is 29.0 Å². The van der Waals surface area contributed by atoms with E-state index in [4.69, 9.17) is 9.47 Å². The van der Waals surface area contributed by atoms with E-state index in [0.717, 1.165) is 11.8 Å². The Morgan fingerprint density at radius 1 is 0.915 bits per heavy atom. The molecule has 0 unspecified atom stereocenters. The number of rotatable bonds is 9. The Kier molecular flexibility index (Phi) is 8.98. The highest BCUT2D eigenvalue weighted by molar-refractivity contribution is 8.14. The standard InChI is InChI=1S/C36H28N4O6S/c1-45-31-14-8-9-23(33(31)46-2)19-30-34(42)40(25-10-4-3-5-11-25)36(39-30)47-21-32(41)37-24-17-15-22(16-18-24)29-20-27(35(43)44)26-12-6-7-13-28(26)38-29/h3-20H,21H2,1-2H3,(H,37,41)(H,43,44)/b30-19+. The Balaban J connectivity index is 1.19. The van der Waals surface area contributed by atoms with Gasteiger partial charge in [0.05, 0.1) is 42.4 Å². The summed E-state index contributed by atoms with van der Waals surface area (Å²) in [5, 5.41) is 13.5. The Bertz CT molecular complexity index is 2060. The van der Waals surface area contributed by atoms with Crippen LogP contribution in [0, 0.1) is 0 Å². The molecule has 0 saturated carbocycles. The van der Waals surface area contributed by atoms with E-state index < -0.39 is 5.97 Å². The van der Waals surface area contributed by atoms with E-state index >= 15 is 0 Å². The third-order valence-electron chi connectivity index (χ3n) is 7.31. The van der Waals surface area contributed by atoms with Gasteiger partial charge in [-0.15, -0.1) is 0 Å².